The van der Waals surface area contributed by atoms with Crippen molar-refractivity contribution in [1.82, 2.24) is 5.32 Å². The van der Waals surface area contributed by atoms with Crippen molar-refractivity contribution in [3.05, 3.63) is 71.8 Å². The molecule has 0 fully saturated rings. The summed E-state index contributed by atoms with van der Waals surface area (Å²) in [4.78, 5) is 23.3. The van der Waals surface area contributed by atoms with Crippen LogP contribution in [0.3, 0.4) is 0 Å². The van der Waals surface area contributed by atoms with E-state index in [9.17, 15) is 14.7 Å². The Bertz CT molecular complexity index is 571. The Balaban J connectivity index is 2.33. The van der Waals surface area contributed by atoms with E-state index in [-0.39, 0.29) is 5.91 Å². The molecule has 0 aliphatic carbocycles. The van der Waals surface area contributed by atoms with Crippen molar-refractivity contribution in [2.24, 2.45) is 0 Å². The molecule has 1 atom stereocenters. The normalized spacial score (nSPS) is 11.9. The van der Waals surface area contributed by atoms with Gasteiger partial charge in [-0.1, -0.05) is 60.7 Å². The summed E-state index contributed by atoms with van der Waals surface area (Å²) in [6, 6.07) is 17.5. The topological polar surface area (TPSA) is 69.2 Å². The van der Waals surface area contributed by atoms with E-state index >= 15 is 0 Å². The quantitative estimate of drug-likeness (QED) is 0.892. The van der Waals surface area contributed by atoms with Crippen LogP contribution in [0.1, 0.15) is 24.0 Å². The fourth-order valence-corrected chi connectivity index (χ4v) is 2.14. The number of carboxylic acid groups (broad SMARTS) is 1. The van der Waals surface area contributed by atoms with Crippen molar-refractivity contribution in [2.45, 2.75) is 18.9 Å². The smallest absolute Gasteiger partial charge is 0.232 e. The van der Waals surface area contributed by atoms with Gasteiger partial charge in [-0.3, -0.25) is 4.79 Å². The number of hydrogen-bond acceptors (Lipinski definition) is 3. The Morgan fingerprint density at radius 3 is 1.71 bits per heavy atom. The molecule has 2 aromatic rings. The molecule has 21 heavy (non-hydrogen) atoms. The van der Waals surface area contributed by atoms with Crippen LogP contribution in [0.2, 0.25) is 0 Å². The van der Waals surface area contributed by atoms with Crippen molar-refractivity contribution < 1.29 is 14.7 Å². The lowest BCUT2D eigenvalue weighted by Crippen LogP contribution is -2.47. The lowest BCUT2D eigenvalue weighted by atomic mass is 9.90. The van der Waals surface area contributed by atoms with Crippen molar-refractivity contribution in [3.8, 4) is 0 Å². The second-order valence-corrected chi connectivity index (χ2v) is 4.80. The molecular formula is C17H16NO3-. The molecule has 0 bridgehead atoms. The first-order valence-electron chi connectivity index (χ1n) is 6.70. The van der Waals surface area contributed by atoms with E-state index in [1.165, 1.54) is 6.92 Å². The van der Waals surface area contributed by atoms with Crippen LogP contribution in [0.25, 0.3) is 0 Å². The van der Waals surface area contributed by atoms with Gasteiger partial charge in [0.05, 0.1) is 17.9 Å². The second kappa shape index (κ2) is 6.70. The number of rotatable bonds is 5. The molecule has 0 unspecified atom stereocenters. The first-order chi connectivity index (χ1) is 10.1. The number of amides is 1. The van der Waals surface area contributed by atoms with Gasteiger partial charge in [0.1, 0.15) is 0 Å². The molecule has 0 aliphatic rings. The monoisotopic (exact) mass is 282 g/mol. The largest absolute Gasteiger partial charge is 0.548 e. The Morgan fingerprint density at radius 1 is 0.905 bits per heavy atom. The summed E-state index contributed by atoms with van der Waals surface area (Å²) in [5, 5.41) is 13.3. The highest BCUT2D eigenvalue weighted by molar-refractivity contribution is 5.90. The summed E-state index contributed by atoms with van der Waals surface area (Å²) in [5.41, 5.74) is 1.62. The number of benzene rings is 2. The minimum Gasteiger partial charge on any atom is -0.548 e. The van der Waals surface area contributed by atoms with Gasteiger partial charge in [0, 0.05) is 0 Å². The molecular weight excluding hydrogens is 266 g/mol. The Hall–Kier alpha value is -2.62. The predicted molar refractivity (Wildman–Crippen MR) is 77.3 cm³/mol. The van der Waals surface area contributed by atoms with Gasteiger partial charge in [-0.15, -0.1) is 0 Å². The molecule has 2 rings (SSSR count). The van der Waals surface area contributed by atoms with Gasteiger partial charge >= 0.3 is 0 Å². The summed E-state index contributed by atoms with van der Waals surface area (Å²) in [6.07, 6.45) is 0. The van der Waals surface area contributed by atoms with E-state index in [1.54, 1.807) is 0 Å². The zero-order valence-electron chi connectivity index (χ0n) is 11.7. The molecule has 4 heteroatoms. The van der Waals surface area contributed by atoms with E-state index in [0.29, 0.717) is 0 Å². The molecule has 0 saturated heterocycles. The van der Waals surface area contributed by atoms with E-state index < -0.39 is 17.9 Å². The molecule has 0 heterocycles. The number of carboxylic acids is 1. The average molecular weight is 282 g/mol. The maximum Gasteiger partial charge on any atom is 0.232 e. The summed E-state index contributed by atoms with van der Waals surface area (Å²) in [5.74, 6) is -2.21. The van der Waals surface area contributed by atoms with Gasteiger partial charge in [0.25, 0.3) is 0 Å². The lowest BCUT2D eigenvalue weighted by molar-refractivity contribution is -0.307. The summed E-state index contributed by atoms with van der Waals surface area (Å²) in [6.45, 7) is 1.39. The maximum atomic E-state index is 12.5. The fraction of sp³-hybridized carbons (Fsp3) is 0.176. The highest BCUT2D eigenvalue weighted by Crippen LogP contribution is 2.24. The van der Waals surface area contributed by atoms with Crippen LogP contribution >= 0.6 is 0 Å². The maximum absolute atomic E-state index is 12.5. The highest BCUT2D eigenvalue weighted by Gasteiger charge is 2.23. The third kappa shape index (κ3) is 3.69. The minimum absolute atomic E-state index is 0.357. The van der Waals surface area contributed by atoms with Gasteiger partial charge < -0.3 is 15.2 Å². The van der Waals surface area contributed by atoms with Crippen LogP contribution in [0.5, 0.6) is 0 Å². The Kier molecular flexibility index (Phi) is 4.72. The van der Waals surface area contributed by atoms with Crippen LogP contribution in [-0.2, 0) is 9.59 Å². The molecule has 0 spiro atoms. The van der Waals surface area contributed by atoms with Crippen LogP contribution in [0.4, 0.5) is 0 Å². The van der Waals surface area contributed by atoms with Crippen molar-refractivity contribution in [3.63, 3.8) is 0 Å². The first kappa shape index (κ1) is 14.8. The molecule has 1 amide bonds. The number of hydrogen-bond donors (Lipinski definition) is 1. The van der Waals surface area contributed by atoms with Gasteiger partial charge in [-0.05, 0) is 18.1 Å². The van der Waals surface area contributed by atoms with Crippen LogP contribution in [-0.4, -0.2) is 17.9 Å². The molecule has 0 aliphatic heterocycles. The fourth-order valence-electron chi connectivity index (χ4n) is 2.14. The molecule has 0 aromatic heterocycles. The third-order valence-corrected chi connectivity index (χ3v) is 3.24. The summed E-state index contributed by atoms with van der Waals surface area (Å²) in [7, 11) is 0. The highest BCUT2D eigenvalue weighted by atomic mass is 16.4. The number of aliphatic carboxylic acids is 1. The zero-order chi connectivity index (χ0) is 15.2. The third-order valence-electron chi connectivity index (χ3n) is 3.24. The molecule has 108 valence electrons. The van der Waals surface area contributed by atoms with Crippen LogP contribution in [0, 0.1) is 0 Å². The second-order valence-electron chi connectivity index (χ2n) is 4.80. The molecule has 0 saturated carbocycles. The van der Waals surface area contributed by atoms with Gasteiger partial charge in [0.15, 0.2) is 0 Å². The zero-order valence-corrected chi connectivity index (χ0v) is 11.7. The Morgan fingerprint density at radius 2 is 1.33 bits per heavy atom. The first-order valence-corrected chi connectivity index (χ1v) is 6.70. The van der Waals surface area contributed by atoms with Crippen molar-refractivity contribution in [2.75, 3.05) is 0 Å². The number of carbonyl (C=O) groups excluding carboxylic acids is 2. The van der Waals surface area contributed by atoms with E-state index in [2.05, 4.69) is 5.32 Å². The van der Waals surface area contributed by atoms with Crippen molar-refractivity contribution >= 4 is 11.9 Å². The van der Waals surface area contributed by atoms with E-state index in [1.807, 2.05) is 60.7 Å². The minimum atomic E-state index is -1.30. The van der Waals surface area contributed by atoms with Crippen LogP contribution in [0.15, 0.2) is 60.7 Å². The van der Waals surface area contributed by atoms with Crippen LogP contribution < -0.4 is 10.4 Å². The molecule has 0 radical (unpaired) electrons. The predicted octanol–water partition coefficient (Wildman–Crippen LogP) is 1.07. The Labute approximate surface area is 123 Å². The molecule has 1 N–H and O–H groups in total. The lowest BCUT2D eigenvalue weighted by Gasteiger charge is -2.21. The SMILES string of the molecule is C[C@H](NC(=O)C(c1ccccc1)c1ccccc1)C(=O)[O-]. The summed E-state index contributed by atoms with van der Waals surface area (Å²) < 4.78 is 0. The van der Waals surface area contributed by atoms with E-state index in [0.717, 1.165) is 11.1 Å². The summed E-state index contributed by atoms with van der Waals surface area (Å²) >= 11 is 0. The molecule has 4 nitrogen and oxygen atoms in total. The molecule has 2 aromatic carbocycles. The van der Waals surface area contributed by atoms with E-state index in [4.69, 9.17) is 0 Å². The van der Waals surface area contributed by atoms with Gasteiger partial charge in [-0.25, -0.2) is 0 Å². The van der Waals surface area contributed by atoms with Gasteiger partial charge in [-0.2, -0.15) is 0 Å². The number of nitrogens with one attached hydrogen (secondary N) is 1. The average Bonchev–Trinajstić information content (AvgIpc) is 2.49. The van der Waals surface area contributed by atoms with Crippen molar-refractivity contribution in [1.29, 1.82) is 0 Å². The standard InChI is InChI=1S/C17H17NO3/c1-12(17(20)21)18-16(19)15(13-8-4-2-5-9-13)14-10-6-3-7-11-14/h2-12,15H,1H3,(H,18,19)(H,20,21)/p-1/t12-/m0/s1. The number of carbonyl (C=O) groups is 2. The van der Waals surface area contributed by atoms with Gasteiger partial charge in [0.2, 0.25) is 5.91 Å².